The quantitative estimate of drug-likeness (QED) is 0.703. The smallest absolute Gasteiger partial charge is 0.341 e. The number of carbonyl (C=O) groups is 1. The normalized spacial score (nSPS) is 20.8. The summed E-state index contributed by atoms with van der Waals surface area (Å²) in [5.41, 5.74) is -1.18. The molecule has 3 rings (SSSR count). The Morgan fingerprint density at radius 1 is 1.07 bits per heavy atom. The standard InChI is InChI=1S/C18H23ClF3N3O3S/c1-13(17(26)24-6-2-3-7-24)23-8-10-25(11-9-23)29(27,28)14-4-5-16(19)15(12-14)18(20,21)22/h4-5,12-13H,2-3,6-11H2,1H3. The summed E-state index contributed by atoms with van der Waals surface area (Å²) in [4.78, 5) is 15.8. The van der Waals surface area contributed by atoms with E-state index in [0.29, 0.717) is 19.2 Å². The predicted octanol–water partition coefficient (Wildman–Crippen LogP) is 2.68. The first-order valence-electron chi connectivity index (χ1n) is 9.41. The molecule has 2 heterocycles. The van der Waals surface area contributed by atoms with Gasteiger partial charge in [0.1, 0.15) is 0 Å². The van der Waals surface area contributed by atoms with E-state index >= 15 is 0 Å². The molecule has 162 valence electrons. The van der Waals surface area contributed by atoms with Crippen LogP contribution in [0.4, 0.5) is 13.2 Å². The highest BCUT2D eigenvalue weighted by Gasteiger charge is 2.37. The van der Waals surface area contributed by atoms with E-state index in [1.165, 1.54) is 0 Å². The highest BCUT2D eigenvalue weighted by atomic mass is 35.5. The van der Waals surface area contributed by atoms with Crippen molar-refractivity contribution in [1.82, 2.24) is 14.1 Å². The molecular weight excluding hydrogens is 431 g/mol. The van der Waals surface area contributed by atoms with E-state index in [2.05, 4.69) is 0 Å². The number of hydrogen-bond acceptors (Lipinski definition) is 4. The molecule has 0 radical (unpaired) electrons. The maximum atomic E-state index is 13.1. The van der Waals surface area contributed by atoms with E-state index in [1.54, 1.807) is 6.92 Å². The number of sulfonamides is 1. The first kappa shape index (κ1) is 22.3. The molecule has 29 heavy (non-hydrogen) atoms. The molecule has 1 aromatic rings. The number of nitrogens with zero attached hydrogens (tertiary/aromatic N) is 3. The maximum absolute atomic E-state index is 13.1. The fourth-order valence-corrected chi connectivity index (χ4v) is 5.39. The molecule has 0 bridgehead atoms. The molecule has 2 aliphatic heterocycles. The molecule has 1 atom stereocenters. The van der Waals surface area contributed by atoms with Gasteiger partial charge in [0, 0.05) is 39.3 Å². The summed E-state index contributed by atoms with van der Waals surface area (Å²) in [5, 5.41) is -0.546. The average molecular weight is 454 g/mol. The monoisotopic (exact) mass is 453 g/mol. The summed E-state index contributed by atoms with van der Waals surface area (Å²) < 4.78 is 66.0. The molecule has 0 saturated carbocycles. The number of piperazine rings is 1. The second kappa shape index (κ2) is 8.41. The van der Waals surface area contributed by atoms with Crippen LogP contribution in [-0.4, -0.2) is 73.7 Å². The third kappa shape index (κ3) is 4.70. The Balaban J connectivity index is 1.69. The van der Waals surface area contributed by atoms with Gasteiger partial charge in [-0.2, -0.15) is 17.5 Å². The van der Waals surface area contributed by atoms with Crippen LogP contribution in [0.2, 0.25) is 5.02 Å². The number of likely N-dealkylation sites (tertiary alicyclic amines) is 1. The van der Waals surface area contributed by atoms with E-state index in [1.807, 2.05) is 9.80 Å². The van der Waals surface area contributed by atoms with Crippen molar-refractivity contribution < 1.29 is 26.4 Å². The van der Waals surface area contributed by atoms with E-state index < -0.39 is 31.7 Å². The number of hydrogen-bond donors (Lipinski definition) is 0. The van der Waals surface area contributed by atoms with Crippen LogP contribution in [0.1, 0.15) is 25.3 Å². The Morgan fingerprint density at radius 3 is 2.21 bits per heavy atom. The Bertz CT molecular complexity index is 865. The third-order valence-electron chi connectivity index (χ3n) is 5.48. The Morgan fingerprint density at radius 2 is 1.66 bits per heavy atom. The van der Waals surface area contributed by atoms with E-state index in [0.717, 1.165) is 42.4 Å². The summed E-state index contributed by atoms with van der Waals surface area (Å²) in [6.07, 6.45) is -2.76. The molecule has 0 aromatic heterocycles. The van der Waals surface area contributed by atoms with Gasteiger partial charge in [0.05, 0.1) is 21.5 Å². The lowest BCUT2D eigenvalue weighted by Crippen LogP contribution is -2.55. The van der Waals surface area contributed by atoms with Crippen molar-refractivity contribution in [1.29, 1.82) is 0 Å². The van der Waals surface area contributed by atoms with Crippen LogP contribution >= 0.6 is 11.6 Å². The average Bonchev–Trinajstić information content (AvgIpc) is 3.21. The molecular formula is C18H23ClF3N3O3S. The zero-order valence-corrected chi connectivity index (χ0v) is 17.5. The number of rotatable bonds is 4. The van der Waals surface area contributed by atoms with Gasteiger partial charge in [0.15, 0.2) is 0 Å². The minimum atomic E-state index is -4.74. The predicted molar refractivity (Wildman–Crippen MR) is 102 cm³/mol. The van der Waals surface area contributed by atoms with Crippen LogP contribution in [0.25, 0.3) is 0 Å². The van der Waals surface area contributed by atoms with Gasteiger partial charge < -0.3 is 4.90 Å². The lowest BCUT2D eigenvalue weighted by molar-refractivity contribution is -0.137. The lowest BCUT2D eigenvalue weighted by Gasteiger charge is -2.37. The molecule has 0 spiro atoms. The van der Waals surface area contributed by atoms with Gasteiger partial charge in [0.25, 0.3) is 0 Å². The fraction of sp³-hybridized carbons (Fsp3) is 0.611. The van der Waals surface area contributed by atoms with Gasteiger partial charge in [-0.05, 0) is 38.0 Å². The number of halogens is 4. The summed E-state index contributed by atoms with van der Waals surface area (Å²) >= 11 is 5.58. The summed E-state index contributed by atoms with van der Waals surface area (Å²) in [6, 6.07) is 2.25. The third-order valence-corrected chi connectivity index (χ3v) is 7.70. The van der Waals surface area contributed by atoms with E-state index in [9.17, 15) is 26.4 Å². The first-order valence-corrected chi connectivity index (χ1v) is 11.2. The molecule has 2 saturated heterocycles. The second-order valence-corrected chi connectivity index (χ2v) is 9.63. The van der Waals surface area contributed by atoms with E-state index in [4.69, 9.17) is 11.6 Å². The summed E-state index contributed by atoms with van der Waals surface area (Å²) in [5.74, 6) is 0.0336. The molecule has 6 nitrogen and oxygen atoms in total. The van der Waals surface area contributed by atoms with Crippen molar-refractivity contribution in [2.24, 2.45) is 0 Å². The summed E-state index contributed by atoms with van der Waals surface area (Å²) in [7, 11) is -4.09. The van der Waals surface area contributed by atoms with Crippen LogP contribution in [0.15, 0.2) is 23.1 Å². The van der Waals surface area contributed by atoms with Crippen molar-refractivity contribution in [3.63, 3.8) is 0 Å². The molecule has 1 unspecified atom stereocenters. The van der Waals surface area contributed by atoms with Crippen LogP contribution in [-0.2, 0) is 21.0 Å². The maximum Gasteiger partial charge on any atom is 0.417 e. The Kier molecular flexibility index (Phi) is 6.47. The molecule has 1 aromatic carbocycles. The van der Waals surface area contributed by atoms with E-state index in [-0.39, 0.29) is 25.0 Å². The highest BCUT2D eigenvalue weighted by Crippen LogP contribution is 2.36. The Hall–Kier alpha value is -1.36. The highest BCUT2D eigenvalue weighted by molar-refractivity contribution is 7.89. The van der Waals surface area contributed by atoms with Crippen molar-refractivity contribution in [2.45, 2.75) is 36.9 Å². The zero-order chi connectivity index (χ0) is 21.4. The van der Waals surface area contributed by atoms with Crippen molar-refractivity contribution in [3.05, 3.63) is 28.8 Å². The van der Waals surface area contributed by atoms with Crippen molar-refractivity contribution in [3.8, 4) is 0 Å². The number of amides is 1. The van der Waals surface area contributed by atoms with Gasteiger partial charge in [-0.15, -0.1) is 0 Å². The minimum Gasteiger partial charge on any atom is -0.341 e. The van der Waals surface area contributed by atoms with Gasteiger partial charge in [-0.3, -0.25) is 9.69 Å². The van der Waals surface area contributed by atoms with Gasteiger partial charge in [0.2, 0.25) is 15.9 Å². The molecule has 2 fully saturated rings. The Labute approximate surface area is 173 Å². The van der Waals surface area contributed by atoms with Gasteiger partial charge in [-0.1, -0.05) is 11.6 Å². The van der Waals surface area contributed by atoms with Crippen LogP contribution in [0, 0.1) is 0 Å². The number of benzene rings is 1. The van der Waals surface area contributed by atoms with Gasteiger partial charge in [-0.25, -0.2) is 8.42 Å². The second-order valence-electron chi connectivity index (χ2n) is 7.29. The first-order chi connectivity index (χ1) is 13.5. The van der Waals surface area contributed by atoms with Crippen molar-refractivity contribution >= 4 is 27.5 Å². The minimum absolute atomic E-state index is 0.0336. The van der Waals surface area contributed by atoms with Gasteiger partial charge >= 0.3 is 6.18 Å². The number of alkyl halides is 3. The largest absolute Gasteiger partial charge is 0.417 e. The molecule has 0 aliphatic carbocycles. The topological polar surface area (TPSA) is 60.9 Å². The van der Waals surface area contributed by atoms with Crippen molar-refractivity contribution in [2.75, 3.05) is 39.3 Å². The zero-order valence-electron chi connectivity index (χ0n) is 16.0. The van der Waals surface area contributed by atoms with Crippen LogP contribution in [0.3, 0.4) is 0 Å². The number of carbonyl (C=O) groups excluding carboxylic acids is 1. The molecule has 2 aliphatic rings. The molecule has 11 heteroatoms. The lowest BCUT2D eigenvalue weighted by atomic mass is 10.2. The SMILES string of the molecule is CC(C(=O)N1CCCC1)N1CCN(S(=O)(=O)c2ccc(Cl)c(C(F)(F)F)c2)CC1. The summed E-state index contributed by atoms with van der Waals surface area (Å²) in [6.45, 7) is 4.16. The fourth-order valence-electron chi connectivity index (χ4n) is 3.72. The van der Waals surface area contributed by atoms with Crippen LogP contribution in [0.5, 0.6) is 0 Å². The molecule has 0 N–H and O–H groups in total. The van der Waals surface area contributed by atoms with Crippen LogP contribution < -0.4 is 0 Å². The molecule has 1 amide bonds.